The summed E-state index contributed by atoms with van der Waals surface area (Å²) < 4.78 is 49.6. The fraction of sp³-hybridized carbons (Fsp3) is 0.741. The van der Waals surface area contributed by atoms with E-state index in [1.807, 2.05) is 4.90 Å². The second kappa shape index (κ2) is 11.0. The third-order valence-electron chi connectivity index (χ3n) is 7.97. The zero-order chi connectivity index (χ0) is 26.9. The lowest BCUT2D eigenvalue weighted by atomic mass is 9.91. The Morgan fingerprint density at radius 1 is 1.03 bits per heavy atom. The lowest BCUT2D eigenvalue weighted by molar-refractivity contribution is -0.151. The summed E-state index contributed by atoms with van der Waals surface area (Å²) in [6, 6.07) is 0. The van der Waals surface area contributed by atoms with E-state index in [1.54, 1.807) is 0 Å². The van der Waals surface area contributed by atoms with Crippen LogP contribution in [0.4, 0.5) is 24.8 Å². The monoisotopic (exact) mass is 535 g/mol. The van der Waals surface area contributed by atoms with Crippen LogP contribution in [0.25, 0.3) is 0 Å². The van der Waals surface area contributed by atoms with E-state index in [0.717, 1.165) is 63.5 Å². The van der Waals surface area contributed by atoms with Gasteiger partial charge in [-0.25, -0.2) is 15.0 Å². The number of anilines is 2. The third kappa shape index (κ3) is 6.09. The van der Waals surface area contributed by atoms with E-state index in [4.69, 9.17) is 9.72 Å². The topological polar surface area (TPSA) is 80.1 Å². The minimum absolute atomic E-state index is 0.00234. The molecule has 2 aromatic heterocycles. The van der Waals surface area contributed by atoms with Crippen LogP contribution in [0.2, 0.25) is 0 Å². The van der Waals surface area contributed by atoms with Gasteiger partial charge in [-0.3, -0.25) is 0 Å². The van der Waals surface area contributed by atoms with Crippen LogP contribution in [0.3, 0.4) is 0 Å². The van der Waals surface area contributed by atoms with Gasteiger partial charge in [-0.05, 0) is 52.9 Å². The van der Waals surface area contributed by atoms with Crippen molar-refractivity contribution in [2.24, 2.45) is 0 Å². The number of alkyl halides is 3. The van der Waals surface area contributed by atoms with Crippen LogP contribution in [0, 0.1) is 0 Å². The van der Waals surface area contributed by atoms with E-state index < -0.39 is 12.1 Å². The Morgan fingerprint density at radius 3 is 2.45 bits per heavy atom. The quantitative estimate of drug-likeness (QED) is 0.550. The van der Waals surface area contributed by atoms with Crippen molar-refractivity contribution in [1.29, 1.82) is 0 Å². The van der Waals surface area contributed by atoms with E-state index >= 15 is 0 Å². The minimum atomic E-state index is -4.32. The van der Waals surface area contributed by atoms with E-state index in [0.29, 0.717) is 30.6 Å². The van der Waals surface area contributed by atoms with Gasteiger partial charge in [0.25, 0.3) is 0 Å². The first-order valence-corrected chi connectivity index (χ1v) is 13.9. The molecule has 8 nitrogen and oxygen atoms in total. The smallest absolute Gasteiger partial charge is 0.381 e. The van der Waals surface area contributed by atoms with Gasteiger partial charge >= 0.3 is 6.18 Å². The van der Waals surface area contributed by atoms with Gasteiger partial charge < -0.3 is 24.8 Å². The van der Waals surface area contributed by atoms with Gasteiger partial charge in [0.1, 0.15) is 23.8 Å². The fourth-order valence-corrected chi connectivity index (χ4v) is 5.95. The maximum Gasteiger partial charge on any atom is 0.396 e. The van der Waals surface area contributed by atoms with E-state index in [9.17, 15) is 13.2 Å². The van der Waals surface area contributed by atoms with Crippen molar-refractivity contribution in [2.75, 3.05) is 49.6 Å². The molecule has 0 amide bonds. The number of rotatable bonds is 6. The van der Waals surface area contributed by atoms with Crippen molar-refractivity contribution in [2.45, 2.75) is 88.9 Å². The number of piperidine rings is 1. The van der Waals surface area contributed by atoms with E-state index in [2.05, 4.69) is 52.1 Å². The molecule has 0 radical (unpaired) electrons. The molecule has 11 heteroatoms. The molecule has 5 heterocycles. The molecule has 2 aromatic rings. The van der Waals surface area contributed by atoms with Gasteiger partial charge in [0.05, 0.1) is 11.6 Å². The Bertz CT molecular complexity index is 1080. The molecule has 0 aromatic carbocycles. The standard InChI is InChI=1S/C27H40F3N7O/c1-26(2,3)34-10-13-37-16-21(18-7-14-38-15-8-18)35-24(37)19-5-11-36(12-6-19)25-22-20(27(28,29)30)4-9-31-23(22)32-17-33-25/h16-20,34H,4-15H2,1-3H3,(H,31,32,33). The lowest BCUT2D eigenvalue weighted by Gasteiger charge is -2.36. The van der Waals surface area contributed by atoms with Crippen molar-refractivity contribution >= 4 is 11.6 Å². The SMILES string of the molecule is CC(C)(C)NCCn1cc(C2CCOCC2)nc1C1CCN(c2ncnc3c2C(C(F)(F)F)CCN3)CC1. The predicted molar refractivity (Wildman–Crippen MR) is 141 cm³/mol. The van der Waals surface area contributed by atoms with Crippen molar-refractivity contribution in [3.05, 3.63) is 29.6 Å². The normalized spacial score (nSPS) is 21.8. The molecule has 3 aliphatic heterocycles. The minimum Gasteiger partial charge on any atom is -0.381 e. The van der Waals surface area contributed by atoms with Gasteiger partial charge in [0, 0.05) is 75.1 Å². The molecule has 0 saturated carbocycles. The van der Waals surface area contributed by atoms with Crippen LogP contribution in [-0.2, 0) is 11.3 Å². The van der Waals surface area contributed by atoms with Gasteiger partial charge in [-0.1, -0.05) is 0 Å². The molecule has 2 N–H and O–H groups in total. The molecule has 1 unspecified atom stereocenters. The van der Waals surface area contributed by atoms with Crippen LogP contribution in [0.15, 0.2) is 12.5 Å². The number of nitrogens with zero attached hydrogens (tertiary/aromatic N) is 5. The Balaban J connectivity index is 1.34. The summed E-state index contributed by atoms with van der Waals surface area (Å²) in [5.41, 5.74) is 1.38. The maximum absolute atomic E-state index is 13.9. The first-order valence-electron chi connectivity index (χ1n) is 13.9. The highest BCUT2D eigenvalue weighted by Crippen LogP contribution is 2.46. The molecule has 1 atom stereocenters. The largest absolute Gasteiger partial charge is 0.396 e. The number of hydrogen-bond acceptors (Lipinski definition) is 7. The van der Waals surface area contributed by atoms with E-state index in [1.165, 1.54) is 6.33 Å². The second-order valence-corrected chi connectivity index (χ2v) is 11.8. The summed E-state index contributed by atoms with van der Waals surface area (Å²) in [7, 11) is 0. The number of halogens is 3. The van der Waals surface area contributed by atoms with Crippen LogP contribution < -0.4 is 15.5 Å². The van der Waals surface area contributed by atoms with Gasteiger partial charge in [0.15, 0.2) is 0 Å². The molecule has 0 spiro atoms. The molecular formula is C27H40F3N7O. The maximum atomic E-state index is 13.9. The predicted octanol–water partition coefficient (Wildman–Crippen LogP) is 4.80. The number of imidazole rings is 1. The molecule has 210 valence electrons. The Morgan fingerprint density at radius 2 is 1.76 bits per heavy atom. The highest BCUT2D eigenvalue weighted by molar-refractivity contribution is 5.62. The summed E-state index contributed by atoms with van der Waals surface area (Å²) in [4.78, 5) is 15.7. The third-order valence-corrected chi connectivity index (χ3v) is 7.97. The van der Waals surface area contributed by atoms with Gasteiger partial charge in [-0.2, -0.15) is 13.2 Å². The second-order valence-electron chi connectivity index (χ2n) is 11.8. The molecule has 0 bridgehead atoms. The summed E-state index contributed by atoms with van der Waals surface area (Å²) in [6.45, 7) is 11.2. The molecule has 2 saturated heterocycles. The first-order chi connectivity index (χ1) is 18.1. The zero-order valence-corrected chi connectivity index (χ0v) is 22.7. The number of nitrogens with one attached hydrogen (secondary N) is 2. The average Bonchev–Trinajstić information content (AvgIpc) is 3.31. The highest BCUT2D eigenvalue weighted by Gasteiger charge is 2.46. The molecule has 3 aliphatic rings. The zero-order valence-electron chi connectivity index (χ0n) is 22.7. The molecule has 2 fully saturated rings. The van der Waals surface area contributed by atoms with Crippen molar-refractivity contribution in [3.8, 4) is 0 Å². The summed E-state index contributed by atoms with van der Waals surface area (Å²) in [5, 5.41) is 6.62. The van der Waals surface area contributed by atoms with Gasteiger partial charge in [0.2, 0.25) is 0 Å². The number of ether oxygens (including phenoxy) is 1. The first kappa shape index (κ1) is 27.2. The average molecular weight is 536 g/mol. The van der Waals surface area contributed by atoms with Crippen molar-refractivity contribution in [1.82, 2.24) is 24.8 Å². The van der Waals surface area contributed by atoms with Crippen LogP contribution in [-0.4, -0.2) is 70.6 Å². The highest BCUT2D eigenvalue weighted by atomic mass is 19.4. The summed E-state index contributed by atoms with van der Waals surface area (Å²) >= 11 is 0. The van der Waals surface area contributed by atoms with Crippen LogP contribution >= 0.6 is 0 Å². The van der Waals surface area contributed by atoms with Gasteiger partial charge in [-0.15, -0.1) is 0 Å². The van der Waals surface area contributed by atoms with Crippen molar-refractivity contribution in [3.63, 3.8) is 0 Å². The lowest BCUT2D eigenvalue weighted by Crippen LogP contribution is -2.39. The molecule has 0 aliphatic carbocycles. The molecule has 38 heavy (non-hydrogen) atoms. The van der Waals surface area contributed by atoms with Crippen LogP contribution in [0.1, 0.15) is 87.7 Å². The Labute approximate surface area is 222 Å². The summed E-state index contributed by atoms with van der Waals surface area (Å²) in [5.74, 6) is 0.963. The van der Waals surface area contributed by atoms with E-state index in [-0.39, 0.29) is 30.0 Å². The Kier molecular flexibility index (Phi) is 7.86. The molecular weight excluding hydrogens is 495 g/mol. The number of aromatic nitrogens is 4. The number of fused-ring (bicyclic) bond motifs is 1. The van der Waals surface area contributed by atoms with Crippen LogP contribution in [0.5, 0.6) is 0 Å². The summed E-state index contributed by atoms with van der Waals surface area (Å²) in [6.07, 6.45) is 2.90. The van der Waals surface area contributed by atoms with Crippen molar-refractivity contribution < 1.29 is 17.9 Å². The fourth-order valence-electron chi connectivity index (χ4n) is 5.95. The number of hydrogen-bond donors (Lipinski definition) is 2. The Hall–Kier alpha value is -2.40. The molecule has 5 rings (SSSR count).